The van der Waals surface area contributed by atoms with Crippen molar-refractivity contribution in [2.45, 2.75) is 19.8 Å². The Morgan fingerprint density at radius 2 is 2.10 bits per heavy atom. The lowest BCUT2D eigenvalue weighted by Gasteiger charge is -2.34. The number of para-hydroxylation sites is 1. The van der Waals surface area contributed by atoms with Gasteiger partial charge < -0.3 is 9.84 Å². The summed E-state index contributed by atoms with van der Waals surface area (Å²) in [6.45, 7) is 2.08. The van der Waals surface area contributed by atoms with Crippen molar-refractivity contribution >= 4 is 5.97 Å². The first-order valence-electron chi connectivity index (χ1n) is 6.96. The van der Waals surface area contributed by atoms with Gasteiger partial charge in [-0.1, -0.05) is 24.3 Å². The summed E-state index contributed by atoms with van der Waals surface area (Å²) in [6.07, 6.45) is 0.840. The van der Waals surface area contributed by atoms with Crippen molar-refractivity contribution in [1.82, 2.24) is 4.98 Å². The van der Waals surface area contributed by atoms with Crippen LogP contribution in [0.1, 0.15) is 17.0 Å². The van der Waals surface area contributed by atoms with E-state index in [1.54, 1.807) is 0 Å². The van der Waals surface area contributed by atoms with E-state index in [2.05, 4.69) is 4.98 Å². The normalized spacial score (nSPS) is 20.4. The predicted octanol–water partition coefficient (Wildman–Crippen LogP) is 2.64. The average molecular weight is 283 g/mol. The summed E-state index contributed by atoms with van der Waals surface area (Å²) in [4.78, 5) is 16.3. The second kappa shape index (κ2) is 5.20. The minimum absolute atomic E-state index is 0.176. The SMILES string of the molecule is Cc1cccc(CC2(C(=O)O)COc3ccccc3C2)n1. The molecule has 0 spiro atoms. The number of carboxylic acid groups (broad SMARTS) is 1. The Morgan fingerprint density at radius 3 is 2.86 bits per heavy atom. The summed E-state index contributed by atoms with van der Waals surface area (Å²) < 4.78 is 5.69. The molecule has 1 atom stereocenters. The minimum Gasteiger partial charge on any atom is -0.492 e. The van der Waals surface area contributed by atoms with Gasteiger partial charge in [-0.15, -0.1) is 0 Å². The fraction of sp³-hybridized carbons (Fsp3) is 0.294. The first-order chi connectivity index (χ1) is 10.1. The molecule has 1 aromatic carbocycles. The Morgan fingerprint density at radius 1 is 1.29 bits per heavy atom. The molecule has 2 aromatic rings. The van der Waals surface area contributed by atoms with Gasteiger partial charge in [0.25, 0.3) is 0 Å². The lowest BCUT2D eigenvalue weighted by Crippen LogP contribution is -2.44. The molecule has 21 heavy (non-hydrogen) atoms. The average Bonchev–Trinajstić information content (AvgIpc) is 2.47. The number of pyridine rings is 1. The molecule has 0 bridgehead atoms. The maximum Gasteiger partial charge on any atom is 0.313 e. The van der Waals surface area contributed by atoms with E-state index in [0.29, 0.717) is 12.8 Å². The van der Waals surface area contributed by atoms with Crippen LogP contribution < -0.4 is 4.74 Å². The fourth-order valence-electron chi connectivity index (χ4n) is 2.79. The van der Waals surface area contributed by atoms with Gasteiger partial charge in [0.2, 0.25) is 0 Å². The summed E-state index contributed by atoms with van der Waals surface area (Å²) >= 11 is 0. The van der Waals surface area contributed by atoms with Crippen LogP contribution in [-0.2, 0) is 17.6 Å². The Bertz CT molecular complexity index is 683. The number of rotatable bonds is 3. The maximum atomic E-state index is 11.9. The van der Waals surface area contributed by atoms with Crippen LogP contribution in [0.25, 0.3) is 0 Å². The zero-order valence-electron chi connectivity index (χ0n) is 11.9. The number of nitrogens with zero attached hydrogens (tertiary/aromatic N) is 1. The number of carbonyl (C=O) groups is 1. The Kier molecular flexibility index (Phi) is 3.37. The van der Waals surface area contributed by atoms with E-state index in [0.717, 1.165) is 22.7 Å². The molecular weight excluding hydrogens is 266 g/mol. The first-order valence-corrected chi connectivity index (χ1v) is 6.96. The molecule has 4 nitrogen and oxygen atoms in total. The molecule has 3 rings (SSSR count). The Balaban J connectivity index is 1.93. The number of carboxylic acids is 1. The predicted molar refractivity (Wildman–Crippen MR) is 78.4 cm³/mol. The molecule has 0 amide bonds. The third-order valence-electron chi connectivity index (χ3n) is 3.92. The smallest absolute Gasteiger partial charge is 0.313 e. The summed E-state index contributed by atoms with van der Waals surface area (Å²) in [5.74, 6) is -0.0492. The third kappa shape index (κ3) is 2.61. The van der Waals surface area contributed by atoms with E-state index in [1.165, 1.54) is 0 Å². The van der Waals surface area contributed by atoms with Gasteiger partial charge in [-0.25, -0.2) is 0 Å². The summed E-state index contributed by atoms with van der Waals surface area (Å²) in [5.41, 5.74) is 1.68. The van der Waals surface area contributed by atoms with E-state index in [4.69, 9.17) is 4.74 Å². The number of aromatic nitrogens is 1. The molecule has 2 heterocycles. The van der Waals surface area contributed by atoms with Gasteiger partial charge in [0.15, 0.2) is 0 Å². The van der Waals surface area contributed by atoms with Gasteiger partial charge in [-0.2, -0.15) is 0 Å². The number of fused-ring (bicyclic) bond motifs is 1. The van der Waals surface area contributed by atoms with Gasteiger partial charge in [0.1, 0.15) is 17.8 Å². The van der Waals surface area contributed by atoms with Crippen LogP contribution in [0.5, 0.6) is 5.75 Å². The number of benzene rings is 1. The number of aliphatic carboxylic acids is 1. The zero-order chi connectivity index (χ0) is 14.9. The van der Waals surface area contributed by atoms with Gasteiger partial charge in [-0.3, -0.25) is 9.78 Å². The Hall–Kier alpha value is -2.36. The van der Waals surface area contributed by atoms with Crippen LogP contribution in [0.4, 0.5) is 0 Å². The number of aryl methyl sites for hydroxylation is 1. The lowest BCUT2D eigenvalue weighted by molar-refractivity contribution is -0.151. The fourth-order valence-corrected chi connectivity index (χ4v) is 2.79. The van der Waals surface area contributed by atoms with E-state index < -0.39 is 11.4 Å². The summed E-state index contributed by atoms with van der Waals surface area (Å²) in [5, 5.41) is 9.74. The van der Waals surface area contributed by atoms with E-state index in [9.17, 15) is 9.90 Å². The summed E-state index contributed by atoms with van der Waals surface area (Å²) in [6, 6.07) is 13.3. The van der Waals surface area contributed by atoms with Crippen LogP contribution in [0.15, 0.2) is 42.5 Å². The number of hydrogen-bond donors (Lipinski definition) is 1. The maximum absolute atomic E-state index is 11.9. The van der Waals surface area contributed by atoms with Crippen molar-refractivity contribution in [3.63, 3.8) is 0 Å². The van der Waals surface area contributed by atoms with Crippen molar-refractivity contribution < 1.29 is 14.6 Å². The van der Waals surface area contributed by atoms with Crippen LogP contribution in [0.3, 0.4) is 0 Å². The molecule has 1 aliphatic rings. The molecular formula is C17H17NO3. The highest BCUT2D eigenvalue weighted by Gasteiger charge is 2.43. The summed E-state index contributed by atoms with van der Waals surface area (Å²) in [7, 11) is 0. The Labute approximate surface area is 123 Å². The van der Waals surface area contributed by atoms with Gasteiger partial charge >= 0.3 is 5.97 Å². The molecule has 1 aliphatic heterocycles. The van der Waals surface area contributed by atoms with E-state index in [1.807, 2.05) is 49.4 Å². The van der Waals surface area contributed by atoms with Gasteiger partial charge in [0.05, 0.1) is 0 Å². The quantitative estimate of drug-likeness (QED) is 0.940. The van der Waals surface area contributed by atoms with Crippen LogP contribution >= 0.6 is 0 Å². The van der Waals surface area contributed by atoms with Crippen molar-refractivity contribution in [3.8, 4) is 5.75 Å². The van der Waals surface area contributed by atoms with Crippen LogP contribution in [0.2, 0.25) is 0 Å². The lowest BCUT2D eigenvalue weighted by atomic mass is 9.76. The van der Waals surface area contributed by atoms with Gasteiger partial charge in [-0.05, 0) is 37.1 Å². The van der Waals surface area contributed by atoms with Crippen LogP contribution in [-0.4, -0.2) is 22.7 Å². The standard InChI is InChI=1S/C17H17NO3/c1-12-5-4-7-14(18-12)10-17(16(19)20)9-13-6-2-3-8-15(13)21-11-17/h2-8H,9-11H2,1H3,(H,19,20). The highest BCUT2D eigenvalue weighted by molar-refractivity contribution is 5.76. The molecule has 1 N–H and O–H groups in total. The molecule has 0 saturated heterocycles. The van der Waals surface area contributed by atoms with Crippen molar-refractivity contribution in [2.24, 2.45) is 5.41 Å². The molecule has 108 valence electrons. The van der Waals surface area contributed by atoms with E-state index in [-0.39, 0.29) is 6.61 Å². The zero-order valence-corrected chi connectivity index (χ0v) is 11.9. The van der Waals surface area contributed by atoms with Crippen molar-refractivity contribution in [1.29, 1.82) is 0 Å². The first kappa shape index (κ1) is 13.6. The second-order valence-corrected chi connectivity index (χ2v) is 5.61. The highest BCUT2D eigenvalue weighted by Crippen LogP contribution is 2.37. The monoisotopic (exact) mass is 283 g/mol. The topological polar surface area (TPSA) is 59.4 Å². The molecule has 1 unspecified atom stereocenters. The molecule has 0 aliphatic carbocycles. The largest absolute Gasteiger partial charge is 0.492 e. The van der Waals surface area contributed by atoms with Crippen molar-refractivity contribution in [2.75, 3.05) is 6.61 Å². The molecule has 1 aromatic heterocycles. The second-order valence-electron chi connectivity index (χ2n) is 5.61. The molecule has 4 heteroatoms. The molecule has 0 fully saturated rings. The third-order valence-corrected chi connectivity index (χ3v) is 3.92. The number of hydrogen-bond acceptors (Lipinski definition) is 3. The highest BCUT2D eigenvalue weighted by atomic mass is 16.5. The van der Waals surface area contributed by atoms with Crippen molar-refractivity contribution in [3.05, 3.63) is 59.4 Å². The molecule has 0 saturated carbocycles. The number of ether oxygens (including phenoxy) is 1. The minimum atomic E-state index is -0.949. The van der Waals surface area contributed by atoms with Gasteiger partial charge in [0, 0.05) is 17.8 Å². The molecule has 0 radical (unpaired) electrons. The van der Waals surface area contributed by atoms with E-state index >= 15 is 0 Å². The van der Waals surface area contributed by atoms with Crippen LogP contribution in [0, 0.1) is 12.3 Å².